The van der Waals surface area contributed by atoms with E-state index in [1.807, 2.05) is 63.2 Å². The fourth-order valence-corrected chi connectivity index (χ4v) is 3.69. The van der Waals surface area contributed by atoms with E-state index in [4.69, 9.17) is 23.2 Å². The van der Waals surface area contributed by atoms with Crippen molar-refractivity contribution < 1.29 is 4.79 Å². The van der Waals surface area contributed by atoms with E-state index >= 15 is 0 Å². The van der Waals surface area contributed by atoms with Gasteiger partial charge in [0.1, 0.15) is 0 Å². The van der Waals surface area contributed by atoms with Crippen molar-refractivity contribution in [2.45, 2.75) is 20.8 Å². The second-order valence-corrected chi connectivity index (χ2v) is 8.26. The van der Waals surface area contributed by atoms with Crippen LogP contribution in [0.5, 0.6) is 0 Å². The van der Waals surface area contributed by atoms with E-state index in [2.05, 4.69) is 15.4 Å². The van der Waals surface area contributed by atoms with E-state index in [-0.39, 0.29) is 5.82 Å². The first-order valence-electron chi connectivity index (χ1n) is 9.70. The van der Waals surface area contributed by atoms with Crippen molar-refractivity contribution in [2.24, 2.45) is 0 Å². The zero-order valence-corrected chi connectivity index (χ0v) is 18.8. The van der Waals surface area contributed by atoms with Gasteiger partial charge in [-0.05, 0) is 62.2 Å². The summed E-state index contributed by atoms with van der Waals surface area (Å²) >= 11 is 12.4. The van der Waals surface area contributed by atoms with Crippen molar-refractivity contribution in [2.75, 3.05) is 5.32 Å². The topological polar surface area (TPSA) is 59.8 Å². The second kappa shape index (κ2) is 8.53. The summed E-state index contributed by atoms with van der Waals surface area (Å²) in [6, 6.07) is 18.6. The number of benzene rings is 3. The third-order valence-corrected chi connectivity index (χ3v) is 5.39. The normalized spacial score (nSPS) is 10.9. The quantitative estimate of drug-likeness (QED) is 0.390. The molecule has 1 heterocycles. The van der Waals surface area contributed by atoms with Gasteiger partial charge in [-0.25, -0.2) is 9.67 Å². The molecule has 0 saturated carbocycles. The molecule has 0 aliphatic rings. The molecule has 5 nitrogen and oxygen atoms in total. The lowest BCUT2D eigenvalue weighted by atomic mass is 10.1. The predicted octanol–water partition coefficient (Wildman–Crippen LogP) is 6.42. The van der Waals surface area contributed by atoms with Gasteiger partial charge in [0.15, 0.2) is 5.82 Å². The van der Waals surface area contributed by atoms with Crippen LogP contribution in [0.25, 0.3) is 17.1 Å². The summed E-state index contributed by atoms with van der Waals surface area (Å²) in [4.78, 5) is 17.5. The Morgan fingerprint density at radius 2 is 1.68 bits per heavy atom. The van der Waals surface area contributed by atoms with Gasteiger partial charge in [0.25, 0.3) is 5.91 Å². The highest BCUT2D eigenvalue weighted by molar-refractivity contribution is 6.31. The summed E-state index contributed by atoms with van der Waals surface area (Å²) in [5.41, 5.74) is 5.23. The first-order chi connectivity index (χ1) is 14.8. The highest BCUT2D eigenvalue weighted by atomic mass is 35.5. The van der Waals surface area contributed by atoms with E-state index in [0.717, 1.165) is 33.6 Å². The van der Waals surface area contributed by atoms with Gasteiger partial charge in [0, 0.05) is 21.3 Å². The molecule has 1 N–H and O–H groups in total. The van der Waals surface area contributed by atoms with Gasteiger partial charge in [-0.2, -0.15) is 0 Å². The van der Waals surface area contributed by atoms with Gasteiger partial charge < -0.3 is 5.32 Å². The van der Waals surface area contributed by atoms with Crippen molar-refractivity contribution in [3.8, 4) is 17.1 Å². The highest BCUT2D eigenvalue weighted by Gasteiger charge is 2.20. The molecule has 0 radical (unpaired) electrons. The van der Waals surface area contributed by atoms with E-state index < -0.39 is 5.91 Å². The zero-order chi connectivity index (χ0) is 22.1. The summed E-state index contributed by atoms with van der Waals surface area (Å²) < 4.78 is 1.63. The number of halogens is 2. The minimum atomic E-state index is -0.395. The molecule has 0 unspecified atom stereocenters. The molecule has 0 fully saturated rings. The molecule has 4 aromatic rings. The van der Waals surface area contributed by atoms with Crippen molar-refractivity contribution in [3.63, 3.8) is 0 Å². The molecule has 0 bridgehead atoms. The summed E-state index contributed by atoms with van der Waals surface area (Å²) in [5.74, 6) is 0.154. The average Bonchev–Trinajstić information content (AvgIpc) is 3.17. The van der Waals surface area contributed by atoms with Crippen LogP contribution in [0.3, 0.4) is 0 Å². The molecule has 0 aliphatic carbocycles. The summed E-state index contributed by atoms with van der Waals surface area (Å²) in [7, 11) is 0. The number of rotatable bonds is 4. The molecular formula is C24H20Cl2N4O. The molecule has 4 rings (SSSR count). The Kier molecular flexibility index (Phi) is 5.81. The molecule has 0 atom stereocenters. The summed E-state index contributed by atoms with van der Waals surface area (Å²) in [6.45, 7) is 5.90. The number of hydrogen-bond donors (Lipinski definition) is 1. The third kappa shape index (κ3) is 4.48. The van der Waals surface area contributed by atoms with E-state index in [1.54, 1.807) is 22.9 Å². The van der Waals surface area contributed by atoms with Crippen LogP contribution >= 0.6 is 23.2 Å². The molecule has 0 spiro atoms. The number of nitrogens with zero attached hydrogens (tertiary/aromatic N) is 3. The lowest BCUT2D eigenvalue weighted by molar-refractivity contribution is 0.101. The Labute approximate surface area is 190 Å². The smallest absolute Gasteiger partial charge is 0.295 e. The van der Waals surface area contributed by atoms with E-state index in [9.17, 15) is 4.79 Å². The van der Waals surface area contributed by atoms with Crippen LogP contribution in [0.2, 0.25) is 10.0 Å². The van der Waals surface area contributed by atoms with Crippen LogP contribution in [0, 0.1) is 20.8 Å². The molecule has 1 amide bonds. The lowest BCUT2D eigenvalue weighted by Gasteiger charge is -2.09. The molecule has 31 heavy (non-hydrogen) atoms. The molecule has 7 heteroatoms. The average molecular weight is 451 g/mol. The maximum atomic E-state index is 13.0. The molecule has 3 aromatic carbocycles. The van der Waals surface area contributed by atoms with Crippen molar-refractivity contribution >= 4 is 34.8 Å². The molecule has 1 aromatic heterocycles. The Morgan fingerprint density at radius 1 is 0.903 bits per heavy atom. The summed E-state index contributed by atoms with van der Waals surface area (Å²) in [5, 5.41) is 8.56. The van der Waals surface area contributed by atoms with Gasteiger partial charge in [0.05, 0.1) is 5.69 Å². The number of carbonyl (C=O) groups excluding carboxylic acids is 1. The molecular weight excluding hydrogens is 431 g/mol. The fourth-order valence-electron chi connectivity index (χ4n) is 3.33. The Balaban J connectivity index is 1.81. The SMILES string of the molecule is Cc1ccc(NC(=O)c2nc(-c3cccc(Cl)c3)n(-c3cc(Cl)ccc3C)n2)c(C)c1. The van der Waals surface area contributed by atoms with Crippen LogP contribution in [0.1, 0.15) is 27.3 Å². The molecule has 156 valence electrons. The van der Waals surface area contributed by atoms with Crippen LogP contribution in [-0.4, -0.2) is 20.7 Å². The largest absolute Gasteiger partial charge is 0.319 e. The van der Waals surface area contributed by atoms with Crippen LogP contribution in [0.15, 0.2) is 60.7 Å². The number of carbonyl (C=O) groups is 1. The number of anilines is 1. The van der Waals surface area contributed by atoms with E-state index in [0.29, 0.717) is 15.9 Å². The third-order valence-electron chi connectivity index (χ3n) is 4.92. The maximum absolute atomic E-state index is 13.0. The number of aromatic nitrogens is 3. The molecule has 0 aliphatic heterocycles. The van der Waals surface area contributed by atoms with Gasteiger partial charge in [-0.1, -0.05) is 59.1 Å². The predicted molar refractivity (Wildman–Crippen MR) is 125 cm³/mol. The van der Waals surface area contributed by atoms with Crippen molar-refractivity contribution in [3.05, 3.63) is 93.2 Å². The number of amides is 1. The van der Waals surface area contributed by atoms with Crippen molar-refractivity contribution in [1.29, 1.82) is 0 Å². The van der Waals surface area contributed by atoms with Crippen LogP contribution in [0.4, 0.5) is 5.69 Å². The standard InChI is InChI=1S/C24H20Cl2N4O/c1-14-7-10-20(16(3)11-14)27-24(31)22-28-23(17-5-4-6-18(25)12-17)30(29-22)21-13-19(26)9-8-15(21)2/h4-13H,1-3H3,(H,27,31). The van der Waals surface area contributed by atoms with Gasteiger partial charge >= 0.3 is 0 Å². The minimum Gasteiger partial charge on any atom is -0.319 e. The number of aryl methyl sites for hydroxylation is 3. The monoisotopic (exact) mass is 450 g/mol. The van der Waals surface area contributed by atoms with Gasteiger partial charge in [-0.15, -0.1) is 5.10 Å². The Hall–Kier alpha value is -3.15. The second-order valence-electron chi connectivity index (χ2n) is 7.38. The minimum absolute atomic E-state index is 0.0503. The fraction of sp³-hybridized carbons (Fsp3) is 0.125. The zero-order valence-electron chi connectivity index (χ0n) is 17.3. The first-order valence-corrected chi connectivity index (χ1v) is 10.5. The summed E-state index contributed by atoms with van der Waals surface area (Å²) in [6.07, 6.45) is 0. The van der Waals surface area contributed by atoms with Crippen LogP contribution < -0.4 is 5.32 Å². The van der Waals surface area contributed by atoms with Gasteiger partial charge in [-0.3, -0.25) is 4.79 Å². The Bertz CT molecular complexity index is 1300. The van der Waals surface area contributed by atoms with E-state index in [1.165, 1.54) is 0 Å². The maximum Gasteiger partial charge on any atom is 0.295 e. The van der Waals surface area contributed by atoms with Gasteiger partial charge in [0.2, 0.25) is 5.82 Å². The van der Waals surface area contributed by atoms with Crippen LogP contribution in [-0.2, 0) is 0 Å². The molecule has 0 saturated heterocycles. The van der Waals surface area contributed by atoms with Crippen molar-refractivity contribution in [1.82, 2.24) is 14.8 Å². The highest BCUT2D eigenvalue weighted by Crippen LogP contribution is 2.27. The lowest BCUT2D eigenvalue weighted by Crippen LogP contribution is -2.15. The number of hydrogen-bond acceptors (Lipinski definition) is 3. The Morgan fingerprint density at radius 3 is 2.42 bits per heavy atom. The number of nitrogens with one attached hydrogen (secondary N) is 1. The first kappa shape index (κ1) is 21.1.